The van der Waals surface area contributed by atoms with Crippen LogP contribution in [0.2, 0.25) is 0 Å². The molecule has 2 heterocycles. The third-order valence-electron chi connectivity index (χ3n) is 6.14. The molecule has 7 nitrogen and oxygen atoms in total. The summed E-state index contributed by atoms with van der Waals surface area (Å²) >= 11 is 0. The van der Waals surface area contributed by atoms with Gasteiger partial charge in [0.05, 0.1) is 17.9 Å². The summed E-state index contributed by atoms with van der Waals surface area (Å²) in [6.07, 6.45) is 1.74. The molecule has 36 heavy (non-hydrogen) atoms. The van der Waals surface area contributed by atoms with Crippen molar-refractivity contribution in [2.24, 2.45) is 17.0 Å². The highest BCUT2D eigenvalue weighted by Gasteiger charge is 2.18. The largest absolute Gasteiger partial charge is 0.487 e. The summed E-state index contributed by atoms with van der Waals surface area (Å²) < 4.78 is 9.20. The molecule has 0 fully saturated rings. The van der Waals surface area contributed by atoms with Crippen LogP contribution in [0.1, 0.15) is 47.8 Å². The number of nitrogens with zero attached hydrogens (tertiary/aromatic N) is 5. The molecule has 7 heteroatoms. The van der Waals surface area contributed by atoms with E-state index in [2.05, 4.69) is 36.6 Å². The predicted octanol–water partition coefficient (Wildman–Crippen LogP) is 5.42. The molecule has 4 aromatic rings. The van der Waals surface area contributed by atoms with Crippen molar-refractivity contribution in [2.75, 3.05) is 0 Å². The maximum atomic E-state index is 13.2. The van der Waals surface area contributed by atoms with Gasteiger partial charge in [-0.15, -0.1) is 0 Å². The number of aromatic nitrogens is 3. The van der Waals surface area contributed by atoms with Gasteiger partial charge in [0.1, 0.15) is 12.4 Å². The van der Waals surface area contributed by atoms with Crippen molar-refractivity contribution in [1.82, 2.24) is 14.1 Å². The van der Waals surface area contributed by atoms with E-state index in [-0.39, 0.29) is 5.69 Å². The molecular formula is C29H31N5O2. The lowest BCUT2D eigenvalue weighted by molar-refractivity contribution is 0.301. The van der Waals surface area contributed by atoms with Crippen LogP contribution in [0.25, 0.3) is 0 Å². The topological polar surface area (TPSA) is 73.8 Å². The first-order chi connectivity index (χ1) is 17.4. The molecule has 4 rings (SSSR count). The van der Waals surface area contributed by atoms with E-state index < -0.39 is 0 Å². The summed E-state index contributed by atoms with van der Waals surface area (Å²) in [4.78, 5) is 26.6. The second-order valence-corrected chi connectivity index (χ2v) is 8.93. The van der Waals surface area contributed by atoms with E-state index in [1.807, 2.05) is 67.6 Å². The van der Waals surface area contributed by atoms with Gasteiger partial charge in [-0.1, -0.05) is 56.3 Å². The summed E-state index contributed by atoms with van der Waals surface area (Å²) in [7, 11) is 1.75. The highest BCUT2D eigenvalue weighted by molar-refractivity contribution is 6.04. The van der Waals surface area contributed by atoms with Gasteiger partial charge in [-0.25, -0.2) is 14.8 Å². The fourth-order valence-corrected chi connectivity index (χ4v) is 4.09. The normalized spacial score (nSPS) is 11.6. The summed E-state index contributed by atoms with van der Waals surface area (Å²) in [6.45, 7) is 10.6. The number of rotatable bonds is 8. The number of amidine groups is 1. The van der Waals surface area contributed by atoms with Crippen LogP contribution in [0.5, 0.6) is 5.75 Å². The number of hydrogen-bond acceptors (Lipinski definition) is 4. The summed E-state index contributed by atoms with van der Waals surface area (Å²) in [6, 6.07) is 21.5. The molecule has 0 amide bonds. The average molecular weight is 482 g/mol. The first-order valence-electron chi connectivity index (χ1n) is 11.9. The maximum Gasteiger partial charge on any atom is 0.330 e. The SMILES string of the molecule is C=NC(=Nc1c(C)n(C)c(=O)n1Cc1cccc(OCc2ccccn2)c1)c1ccccc1C(C)C. The molecule has 184 valence electrons. The minimum atomic E-state index is -0.147. The number of benzene rings is 2. The molecule has 0 aliphatic heterocycles. The van der Waals surface area contributed by atoms with Gasteiger partial charge >= 0.3 is 5.69 Å². The predicted molar refractivity (Wildman–Crippen MR) is 145 cm³/mol. The fourth-order valence-electron chi connectivity index (χ4n) is 4.09. The van der Waals surface area contributed by atoms with Crippen LogP contribution in [0.4, 0.5) is 5.82 Å². The zero-order valence-electron chi connectivity index (χ0n) is 21.2. The Hall–Kier alpha value is -4.26. The fraction of sp³-hybridized carbons (Fsp3) is 0.241. The molecule has 0 atom stereocenters. The van der Waals surface area contributed by atoms with E-state index in [4.69, 9.17) is 9.73 Å². The third kappa shape index (κ3) is 5.35. The van der Waals surface area contributed by atoms with Gasteiger partial charge in [-0.05, 0) is 55.0 Å². The van der Waals surface area contributed by atoms with E-state index >= 15 is 0 Å². The molecule has 2 aromatic carbocycles. The molecule has 0 bridgehead atoms. The van der Waals surface area contributed by atoms with E-state index in [9.17, 15) is 4.79 Å². The van der Waals surface area contributed by atoms with E-state index in [0.29, 0.717) is 36.5 Å². The third-order valence-corrected chi connectivity index (χ3v) is 6.14. The molecule has 0 unspecified atom stereocenters. The number of hydrogen-bond donors (Lipinski definition) is 0. The first-order valence-corrected chi connectivity index (χ1v) is 11.9. The van der Waals surface area contributed by atoms with Crippen LogP contribution >= 0.6 is 0 Å². The Bertz CT molecular complexity index is 1450. The quantitative estimate of drug-likeness (QED) is 0.249. The summed E-state index contributed by atoms with van der Waals surface area (Å²) in [5, 5.41) is 0. The minimum absolute atomic E-state index is 0.147. The lowest BCUT2D eigenvalue weighted by Gasteiger charge is -2.13. The molecule has 0 saturated carbocycles. The Kier molecular flexibility index (Phi) is 7.59. The Balaban J connectivity index is 1.68. The van der Waals surface area contributed by atoms with Crippen molar-refractivity contribution in [2.45, 2.75) is 39.8 Å². The second kappa shape index (κ2) is 11.0. The van der Waals surface area contributed by atoms with Crippen molar-refractivity contribution >= 4 is 18.4 Å². The van der Waals surface area contributed by atoms with Crippen LogP contribution in [-0.2, 0) is 20.2 Å². The highest BCUT2D eigenvalue weighted by atomic mass is 16.5. The van der Waals surface area contributed by atoms with Gasteiger partial charge < -0.3 is 4.74 Å². The summed E-state index contributed by atoms with van der Waals surface area (Å²) in [5.74, 6) is 2.06. The lowest BCUT2D eigenvalue weighted by atomic mass is 9.96. The van der Waals surface area contributed by atoms with Gasteiger partial charge in [0.2, 0.25) is 0 Å². The Labute approximate surface area is 211 Å². The number of aliphatic imine (C=N–C) groups is 2. The van der Waals surface area contributed by atoms with Crippen molar-refractivity contribution in [1.29, 1.82) is 0 Å². The highest BCUT2D eigenvalue weighted by Crippen LogP contribution is 2.25. The van der Waals surface area contributed by atoms with Crippen LogP contribution in [0.3, 0.4) is 0 Å². The molecule has 2 aromatic heterocycles. The van der Waals surface area contributed by atoms with Crippen molar-refractivity contribution in [3.05, 3.63) is 111 Å². The Morgan fingerprint density at radius 2 is 1.86 bits per heavy atom. The molecule has 0 saturated heterocycles. The van der Waals surface area contributed by atoms with Crippen molar-refractivity contribution in [3.8, 4) is 5.75 Å². The average Bonchev–Trinajstić information content (AvgIpc) is 3.09. The second-order valence-electron chi connectivity index (χ2n) is 8.93. The molecular weight excluding hydrogens is 450 g/mol. The molecule has 0 aliphatic carbocycles. The van der Waals surface area contributed by atoms with E-state index in [1.165, 1.54) is 0 Å². The minimum Gasteiger partial charge on any atom is -0.487 e. The van der Waals surface area contributed by atoms with Crippen molar-refractivity contribution < 1.29 is 4.74 Å². The van der Waals surface area contributed by atoms with Crippen LogP contribution < -0.4 is 10.4 Å². The van der Waals surface area contributed by atoms with Crippen LogP contribution in [-0.4, -0.2) is 26.7 Å². The number of pyridine rings is 1. The monoisotopic (exact) mass is 481 g/mol. The lowest BCUT2D eigenvalue weighted by Crippen LogP contribution is -2.23. The Morgan fingerprint density at radius 1 is 1.08 bits per heavy atom. The standard InChI is InChI=1S/C29H31N5O2/c1-20(2)25-14-6-7-15-26(25)27(30-4)32-28-21(3)33(5)29(35)34(28)18-22-11-10-13-24(17-22)36-19-23-12-8-9-16-31-23/h6-17,20H,4,18-19H2,1-3,5H3. The number of imidazole rings is 1. The zero-order chi connectivity index (χ0) is 25.7. The number of ether oxygens (including phenoxy) is 1. The van der Waals surface area contributed by atoms with E-state index in [0.717, 1.165) is 28.1 Å². The van der Waals surface area contributed by atoms with Gasteiger partial charge in [-0.3, -0.25) is 14.1 Å². The zero-order valence-corrected chi connectivity index (χ0v) is 21.2. The first kappa shape index (κ1) is 24.9. The van der Waals surface area contributed by atoms with Gasteiger partial charge in [0, 0.05) is 18.8 Å². The molecule has 0 N–H and O–H groups in total. The van der Waals surface area contributed by atoms with Gasteiger partial charge in [0.25, 0.3) is 0 Å². The Morgan fingerprint density at radius 3 is 2.58 bits per heavy atom. The summed E-state index contributed by atoms with van der Waals surface area (Å²) in [5.41, 5.74) is 4.42. The smallest absolute Gasteiger partial charge is 0.330 e. The molecule has 0 radical (unpaired) electrons. The maximum absolute atomic E-state index is 13.2. The van der Waals surface area contributed by atoms with E-state index in [1.54, 1.807) is 22.4 Å². The molecule has 0 spiro atoms. The van der Waals surface area contributed by atoms with Crippen LogP contribution in [0, 0.1) is 6.92 Å². The van der Waals surface area contributed by atoms with Crippen LogP contribution in [0.15, 0.2) is 87.7 Å². The molecule has 0 aliphatic rings. The van der Waals surface area contributed by atoms with Gasteiger partial charge in [-0.2, -0.15) is 0 Å². The van der Waals surface area contributed by atoms with Gasteiger partial charge in [0.15, 0.2) is 11.7 Å². The van der Waals surface area contributed by atoms with Crippen molar-refractivity contribution in [3.63, 3.8) is 0 Å².